The first-order valence-corrected chi connectivity index (χ1v) is 7.41. The third-order valence-electron chi connectivity index (χ3n) is 4.21. The summed E-state index contributed by atoms with van der Waals surface area (Å²) < 4.78 is 26.1. The van der Waals surface area contributed by atoms with Gasteiger partial charge in [0, 0.05) is 18.7 Å². The van der Waals surface area contributed by atoms with Gasteiger partial charge in [-0.2, -0.15) is 0 Å². The number of halogens is 2. The highest BCUT2D eigenvalue weighted by Crippen LogP contribution is 2.13. The molecular weight excluding hydrogens is 274 g/mol. The second-order valence-electron chi connectivity index (χ2n) is 5.70. The number of hydrogen-bond donors (Lipinski definition) is 0. The molecule has 2 rings (SSSR count). The third kappa shape index (κ3) is 4.08. The van der Waals surface area contributed by atoms with Gasteiger partial charge in [0.2, 0.25) is 0 Å². The maximum absolute atomic E-state index is 13.2. The smallest absolute Gasteiger partial charge is 0.179 e. The van der Waals surface area contributed by atoms with Crippen molar-refractivity contribution < 1.29 is 13.6 Å². The monoisotopic (exact) mass is 296 g/mol. The lowest BCUT2D eigenvalue weighted by Crippen LogP contribution is -2.40. The Morgan fingerprint density at radius 3 is 2.57 bits per heavy atom. The standard InChI is InChI=1S/C16H22F2N2O/c1-12(19(2)9-10-20-7-3-4-8-20)16(21)13-5-6-14(17)15(18)11-13/h5-6,11-12H,3-4,7-10H2,1-2H3. The second kappa shape index (κ2) is 7.09. The van der Waals surface area contributed by atoms with Gasteiger partial charge in [0.05, 0.1) is 6.04 Å². The number of ketones is 1. The summed E-state index contributed by atoms with van der Waals surface area (Å²) in [4.78, 5) is 16.6. The van der Waals surface area contributed by atoms with Gasteiger partial charge in [0.25, 0.3) is 0 Å². The summed E-state index contributed by atoms with van der Waals surface area (Å²) in [5.41, 5.74) is 0.217. The van der Waals surface area contributed by atoms with Gasteiger partial charge in [0.1, 0.15) is 0 Å². The van der Waals surface area contributed by atoms with Crippen molar-refractivity contribution in [3.8, 4) is 0 Å². The maximum atomic E-state index is 13.2. The van der Waals surface area contributed by atoms with Gasteiger partial charge in [-0.3, -0.25) is 9.69 Å². The van der Waals surface area contributed by atoms with Crippen molar-refractivity contribution in [2.45, 2.75) is 25.8 Å². The number of carbonyl (C=O) groups excluding carboxylic acids is 1. The second-order valence-corrected chi connectivity index (χ2v) is 5.70. The fourth-order valence-corrected chi connectivity index (χ4v) is 2.59. The molecular formula is C16H22F2N2O. The van der Waals surface area contributed by atoms with Crippen LogP contribution in [0.1, 0.15) is 30.1 Å². The minimum absolute atomic E-state index is 0.183. The lowest BCUT2D eigenvalue weighted by Gasteiger charge is -2.26. The predicted octanol–water partition coefficient (Wildman–Crippen LogP) is 2.56. The van der Waals surface area contributed by atoms with E-state index in [4.69, 9.17) is 0 Å². The van der Waals surface area contributed by atoms with Crippen molar-refractivity contribution in [3.63, 3.8) is 0 Å². The molecule has 1 aromatic carbocycles. The van der Waals surface area contributed by atoms with Gasteiger partial charge in [-0.25, -0.2) is 8.78 Å². The molecule has 0 amide bonds. The van der Waals surface area contributed by atoms with Crippen molar-refractivity contribution in [2.75, 3.05) is 33.2 Å². The highest BCUT2D eigenvalue weighted by molar-refractivity contribution is 5.99. The Kier molecular flexibility index (Phi) is 5.42. The first kappa shape index (κ1) is 16.0. The number of carbonyl (C=O) groups is 1. The molecule has 116 valence electrons. The Labute approximate surface area is 124 Å². The molecule has 5 heteroatoms. The first-order valence-electron chi connectivity index (χ1n) is 7.41. The third-order valence-corrected chi connectivity index (χ3v) is 4.21. The molecule has 1 aliphatic heterocycles. The molecule has 1 saturated heterocycles. The zero-order valence-electron chi connectivity index (χ0n) is 12.6. The summed E-state index contributed by atoms with van der Waals surface area (Å²) in [6, 6.07) is 2.96. The molecule has 1 atom stereocenters. The van der Waals surface area contributed by atoms with Crippen LogP contribution in [0.15, 0.2) is 18.2 Å². The molecule has 1 heterocycles. The van der Waals surface area contributed by atoms with E-state index in [9.17, 15) is 13.6 Å². The van der Waals surface area contributed by atoms with Crippen LogP contribution in [0.5, 0.6) is 0 Å². The van der Waals surface area contributed by atoms with Crippen molar-refractivity contribution in [1.29, 1.82) is 0 Å². The summed E-state index contributed by atoms with van der Waals surface area (Å²) in [5, 5.41) is 0. The number of nitrogens with zero attached hydrogens (tertiary/aromatic N) is 2. The average Bonchev–Trinajstić information content (AvgIpc) is 2.99. The Bertz CT molecular complexity index is 501. The van der Waals surface area contributed by atoms with Crippen LogP contribution in [0, 0.1) is 11.6 Å². The van der Waals surface area contributed by atoms with Gasteiger partial charge in [0.15, 0.2) is 17.4 Å². The molecule has 1 fully saturated rings. The van der Waals surface area contributed by atoms with E-state index in [0.29, 0.717) is 0 Å². The fraction of sp³-hybridized carbons (Fsp3) is 0.562. The molecule has 0 aromatic heterocycles. The van der Waals surface area contributed by atoms with Crippen LogP contribution < -0.4 is 0 Å². The highest BCUT2D eigenvalue weighted by atomic mass is 19.2. The zero-order chi connectivity index (χ0) is 15.4. The van der Waals surface area contributed by atoms with Crippen LogP contribution in [0.25, 0.3) is 0 Å². The van der Waals surface area contributed by atoms with E-state index in [-0.39, 0.29) is 17.4 Å². The number of hydrogen-bond acceptors (Lipinski definition) is 3. The Hall–Kier alpha value is -1.33. The molecule has 3 nitrogen and oxygen atoms in total. The fourth-order valence-electron chi connectivity index (χ4n) is 2.59. The van der Waals surface area contributed by atoms with E-state index in [1.54, 1.807) is 6.92 Å². The Morgan fingerprint density at radius 1 is 1.29 bits per heavy atom. The Morgan fingerprint density at radius 2 is 1.95 bits per heavy atom. The SMILES string of the molecule is CC(C(=O)c1ccc(F)c(F)c1)N(C)CCN1CCCC1. The van der Waals surface area contributed by atoms with Gasteiger partial charge in [-0.1, -0.05) is 0 Å². The van der Waals surface area contributed by atoms with Crippen molar-refractivity contribution >= 4 is 5.78 Å². The van der Waals surface area contributed by atoms with Gasteiger partial charge in [-0.05, 0) is 58.1 Å². The lowest BCUT2D eigenvalue weighted by molar-refractivity contribution is 0.0858. The zero-order valence-corrected chi connectivity index (χ0v) is 12.6. The van der Waals surface area contributed by atoms with E-state index in [0.717, 1.165) is 38.3 Å². The average molecular weight is 296 g/mol. The minimum atomic E-state index is -0.979. The molecule has 1 aliphatic rings. The molecule has 0 bridgehead atoms. The van der Waals surface area contributed by atoms with Gasteiger partial charge in [-0.15, -0.1) is 0 Å². The van der Waals surface area contributed by atoms with Crippen LogP contribution in [0.4, 0.5) is 8.78 Å². The summed E-state index contributed by atoms with van der Waals surface area (Å²) in [6.07, 6.45) is 2.49. The molecule has 21 heavy (non-hydrogen) atoms. The van der Waals surface area contributed by atoms with Gasteiger partial charge >= 0.3 is 0 Å². The number of likely N-dealkylation sites (N-methyl/N-ethyl adjacent to an activating group) is 1. The summed E-state index contributed by atoms with van der Waals surface area (Å²) >= 11 is 0. The number of Topliss-reactive ketones (excluding diaryl/α,β-unsaturated/α-hetero) is 1. The summed E-state index contributed by atoms with van der Waals surface area (Å²) in [7, 11) is 1.89. The molecule has 1 unspecified atom stereocenters. The van der Waals surface area contributed by atoms with Crippen LogP contribution in [-0.2, 0) is 0 Å². The maximum Gasteiger partial charge on any atom is 0.179 e. The van der Waals surface area contributed by atoms with Crippen molar-refractivity contribution in [2.24, 2.45) is 0 Å². The van der Waals surface area contributed by atoms with Crippen molar-refractivity contribution in [3.05, 3.63) is 35.4 Å². The number of likely N-dealkylation sites (tertiary alicyclic amines) is 1. The molecule has 1 aromatic rings. The largest absolute Gasteiger partial charge is 0.302 e. The topological polar surface area (TPSA) is 23.6 Å². The molecule has 0 N–H and O–H groups in total. The van der Waals surface area contributed by atoms with E-state index in [1.165, 1.54) is 18.9 Å². The first-order chi connectivity index (χ1) is 9.99. The number of benzene rings is 1. The Balaban J connectivity index is 1.92. The van der Waals surface area contributed by atoms with Crippen LogP contribution in [0.3, 0.4) is 0 Å². The van der Waals surface area contributed by atoms with E-state index >= 15 is 0 Å². The van der Waals surface area contributed by atoms with Gasteiger partial charge < -0.3 is 4.90 Å². The summed E-state index contributed by atoms with van der Waals surface area (Å²) in [5.74, 6) is -2.09. The lowest BCUT2D eigenvalue weighted by atomic mass is 10.0. The number of rotatable bonds is 6. The molecule has 0 spiro atoms. The molecule has 0 radical (unpaired) electrons. The van der Waals surface area contributed by atoms with E-state index < -0.39 is 11.6 Å². The van der Waals surface area contributed by atoms with Crippen LogP contribution in [0.2, 0.25) is 0 Å². The summed E-state index contributed by atoms with van der Waals surface area (Å²) in [6.45, 7) is 5.77. The molecule has 0 saturated carbocycles. The van der Waals surface area contributed by atoms with E-state index in [1.807, 2.05) is 11.9 Å². The van der Waals surface area contributed by atoms with E-state index in [2.05, 4.69) is 4.90 Å². The van der Waals surface area contributed by atoms with Crippen LogP contribution in [-0.4, -0.2) is 54.9 Å². The molecule has 0 aliphatic carbocycles. The predicted molar refractivity (Wildman–Crippen MR) is 78.5 cm³/mol. The minimum Gasteiger partial charge on any atom is -0.302 e. The van der Waals surface area contributed by atoms with Crippen LogP contribution >= 0.6 is 0 Å². The quantitative estimate of drug-likeness (QED) is 0.754. The highest BCUT2D eigenvalue weighted by Gasteiger charge is 2.21. The normalized spacial score (nSPS) is 17.4. The van der Waals surface area contributed by atoms with Crippen molar-refractivity contribution in [1.82, 2.24) is 9.80 Å².